The molecule has 1 atom stereocenters. The Bertz CT molecular complexity index is 958. The number of carbonyl (C=O) groups is 2. The predicted molar refractivity (Wildman–Crippen MR) is 122 cm³/mol. The van der Waals surface area contributed by atoms with Gasteiger partial charge in [-0.3, -0.25) is 9.59 Å². The fourth-order valence-corrected chi connectivity index (χ4v) is 5.01. The number of likely N-dealkylation sites (tertiary alicyclic amines) is 1. The molecule has 0 saturated carbocycles. The van der Waals surface area contributed by atoms with Gasteiger partial charge in [-0.1, -0.05) is 24.3 Å². The van der Waals surface area contributed by atoms with Crippen LogP contribution in [-0.4, -0.2) is 63.4 Å². The van der Waals surface area contributed by atoms with Crippen molar-refractivity contribution in [2.75, 3.05) is 26.2 Å². The van der Waals surface area contributed by atoms with E-state index in [-0.39, 0.29) is 11.8 Å². The lowest BCUT2D eigenvalue weighted by molar-refractivity contribution is -0.182. The van der Waals surface area contributed by atoms with E-state index in [2.05, 4.69) is 28.6 Å². The van der Waals surface area contributed by atoms with Gasteiger partial charge in [0.15, 0.2) is 6.10 Å². The molecule has 0 bridgehead atoms. The summed E-state index contributed by atoms with van der Waals surface area (Å²) in [7, 11) is 0. The maximum Gasteiger partial charge on any atom is 0.253 e. The summed E-state index contributed by atoms with van der Waals surface area (Å²) in [5.74, 6) is 1.09. The lowest BCUT2D eigenvalue weighted by Crippen LogP contribution is -2.55. The number of rotatable bonds is 6. The largest absolute Gasteiger partial charge is 0.352 e. The van der Waals surface area contributed by atoms with Gasteiger partial charge >= 0.3 is 0 Å². The molecule has 1 aromatic heterocycles. The highest BCUT2D eigenvalue weighted by molar-refractivity contribution is 5.81. The van der Waals surface area contributed by atoms with Gasteiger partial charge in [0.1, 0.15) is 11.4 Å². The van der Waals surface area contributed by atoms with Crippen LogP contribution in [-0.2, 0) is 32.9 Å². The number of ether oxygens (including phenoxy) is 1. The van der Waals surface area contributed by atoms with Crippen molar-refractivity contribution in [1.29, 1.82) is 0 Å². The first-order chi connectivity index (χ1) is 15.5. The molecule has 0 radical (unpaired) electrons. The summed E-state index contributed by atoms with van der Waals surface area (Å²) in [5, 5.41) is 0. The lowest BCUT2D eigenvalue weighted by atomic mass is 9.88. The molecule has 7 heteroatoms. The molecule has 2 aliphatic heterocycles. The number of hydrogen-bond donors (Lipinski definition) is 0. The molecule has 2 aromatic rings. The molecule has 1 spiro atoms. The third-order valence-electron chi connectivity index (χ3n) is 7.00. The van der Waals surface area contributed by atoms with Crippen molar-refractivity contribution in [3.63, 3.8) is 0 Å². The van der Waals surface area contributed by atoms with Gasteiger partial charge < -0.3 is 19.1 Å². The number of amides is 2. The number of aromatic nitrogens is 2. The van der Waals surface area contributed by atoms with Crippen LogP contribution in [0.1, 0.15) is 50.1 Å². The Morgan fingerprint density at radius 2 is 1.91 bits per heavy atom. The molecule has 32 heavy (non-hydrogen) atoms. The smallest absolute Gasteiger partial charge is 0.253 e. The molecule has 172 valence electrons. The number of fused-ring (bicyclic) bond motifs is 2. The van der Waals surface area contributed by atoms with Crippen LogP contribution in [0.15, 0.2) is 36.7 Å². The number of piperidine rings is 1. The first-order valence-corrected chi connectivity index (χ1v) is 11.8. The normalized spacial score (nSPS) is 19.6. The molecule has 4 rings (SSSR count). The van der Waals surface area contributed by atoms with E-state index < -0.39 is 11.7 Å². The average molecular weight is 439 g/mol. The standard InChI is InChI=1S/C25H34N4O3/c1-4-27(5-2)23(31)21-18-29-17-14-26-24(29)25(32-21)12-15-28(16-13-25)22(30)11-10-20-9-7-6-8-19(20)3/h6-9,14,17,21H,4-5,10-13,15-16,18H2,1-3H3. The maximum atomic E-state index is 13.0. The molecule has 7 nitrogen and oxygen atoms in total. The van der Waals surface area contributed by atoms with Crippen molar-refractivity contribution in [2.45, 2.75) is 64.7 Å². The first kappa shape index (κ1) is 22.5. The zero-order chi connectivity index (χ0) is 22.7. The van der Waals surface area contributed by atoms with Crippen LogP contribution in [0.5, 0.6) is 0 Å². The number of aryl methyl sites for hydroxylation is 2. The minimum atomic E-state index is -0.609. The van der Waals surface area contributed by atoms with Gasteiger partial charge in [-0.15, -0.1) is 0 Å². The summed E-state index contributed by atoms with van der Waals surface area (Å²) in [6.07, 6.45) is 5.78. The summed E-state index contributed by atoms with van der Waals surface area (Å²) >= 11 is 0. The maximum absolute atomic E-state index is 13.0. The quantitative estimate of drug-likeness (QED) is 0.696. The van der Waals surface area contributed by atoms with Crippen molar-refractivity contribution in [3.8, 4) is 0 Å². The highest BCUT2D eigenvalue weighted by Gasteiger charge is 2.48. The summed E-state index contributed by atoms with van der Waals surface area (Å²) in [5.41, 5.74) is 1.84. The van der Waals surface area contributed by atoms with Crippen LogP contribution >= 0.6 is 0 Å². The van der Waals surface area contributed by atoms with Crippen molar-refractivity contribution in [1.82, 2.24) is 19.4 Å². The van der Waals surface area contributed by atoms with Crippen molar-refractivity contribution in [2.24, 2.45) is 0 Å². The third-order valence-corrected chi connectivity index (χ3v) is 7.00. The topological polar surface area (TPSA) is 67.7 Å². The number of hydrogen-bond acceptors (Lipinski definition) is 4. The number of imidazole rings is 1. The molecule has 1 aromatic carbocycles. The van der Waals surface area contributed by atoms with E-state index in [1.165, 1.54) is 11.1 Å². The summed E-state index contributed by atoms with van der Waals surface area (Å²) in [6, 6.07) is 8.23. The fraction of sp³-hybridized carbons (Fsp3) is 0.560. The molecular formula is C25H34N4O3. The Morgan fingerprint density at radius 3 is 2.59 bits per heavy atom. The number of carbonyl (C=O) groups excluding carboxylic acids is 2. The lowest BCUT2D eigenvalue weighted by Gasteiger charge is -2.46. The minimum absolute atomic E-state index is 0.0328. The second-order valence-corrected chi connectivity index (χ2v) is 8.82. The van der Waals surface area contributed by atoms with Crippen LogP contribution in [0, 0.1) is 6.92 Å². The van der Waals surface area contributed by atoms with Gasteiger partial charge in [-0.2, -0.15) is 0 Å². The average Bonchev–Trinajstić information content (AvgIpc) is 3.29. The zero-order valence-electron chi connectivity index (χ0n) is 19.4. The Morgan fingerprint density at radius 1 is 1.19 bits per heavy atom. The SMILES string of the molecule is CCN(CC)C(=O)C1Cn2ccnc2C2(CCN(C(=O)CCc3ccccc3C)CC2)O1. The van der Waals surface area contributed by atoms with Gasteiger partial charge in [0.25, 0.3) is 5.91 Å². The Kier molecular flexibility index (Phi) is 6.65. The Hall–Kier alpha value is -2.67. The molecule has 0 N–H and O–H groups in total. The van der Waals surface area contributed by atoms with E-state index >= 15 is 0 Å². The van der Waals surface area contributed by atoms with Crippen molar-refractivity contribution >= 4 is 11.8 Å². The van der Waals surface area contributed by atoms with Gasteiger partial charge in [-0.25, -0.2) is 4.98 Å². The molecule has 1 unspecified atom stereocenters. The summed E-state index contributed by atoms with van der Waals surface area (Å²) < 4.78 is 8.57. The van der Waals surface area contributed by atoms with Crippen LogP contribution < -0.4 is 0 Å². The molecule has 3 heterocycles. The first-order valence-electron chi connectivity index (χ1n) is 11.8. The van der Waals surface area contributed by atoms with E-state index in [0.717, 1.165) is 12.2 Å². The van der Waals surface area contributed by atoms with E-state index in [9.17, 15) is 9.59 Å². The Labute approximate surface area is 190 Å². The second-order valence-electron chi connectivity index (χ2n) is 8.82. The van der Waals surface area contributed by atoms with E-state index in [0.29, 0.717) is 52.0 Å². The fourth-order valence-electron chi connectivity index (χ4n) is 5.01. The zero-order valence-corrected chi connectivity index (χ0v) is 19.4. The molecule has 2 aliphatic rings. The van der Waals surface area contributed by atoms with Gasteiger partial charge in [0.2, 0.25) is 5.91 Å². The number of likely N-dealkylation sites (N-methyl/N-ethyl adjacent to an activating group) is 1. The Balaban J connectivity index is 1.42. The van der Waals surface area contributed by atoms with Crippen LogP contribution in [0.3, 0.4) is 0 Å². The molecule has 2 amide bonds. The minimum Gasteiger partial charge on any atom is -0.352 e. The highest BCUT2D eigenvalue weighted by Crippen LogP contribution is 2.40. The highest BCUT2D eigenvalue weighted by atomic mass is 16.5. The summed E-state index contributed by atoms with van der Waals surface area (Å²) in [6.45, 7) is 9.13. The predicted octanol–water partition coefficient (Wildman–Crippen LogP) is 2.91. The third kappa shape index (κ3) is 4.31. The molecule has 1 fully saturated rings. The van der Waals surface area contributed by atoms with Gasteiger partial charge in [0, 0.05) is 57.8 Å². The summed E-state index contributed by atoms with van der Waals surface area (Å²) in [4.78, 5) is 34.3. The van der Waals surface area contributed by atoms with E-state index in [1.54, 1.807) is 6.20 Å². The van der Waals surface area contributed by atoms with E-state index in [1.807, 2.05) is 42.0 Å². The van der Waals surface area contributed by atoms with Crippen molar-refractivity contribution in [3.05, 3.63) is 53.6 Å². The second kappa shape index (κ2) is 9.45. The van der Waals surface area contributed by atoms with E-state index in [4.69, 9.17) is 4.74 Å². The monoisotopic (exact) mass is 438 g/mol. The number of benzene rings is 1. The molecular weight excluding hydrogens is 404 g/mol. The van der Waals surface area contributed by atoms with Crippen LogP contribution in [0.4, 0.5) is 0 Å². The molecule has 0 aliphatic carbocycles. The molecule has 1 saturated heterocycles. The van der Waals surface area contributed by atoms with Gasteiger partial charge in [0.05, 0.1) is 6.54 Å². The van der Waals surface area contributed by atoms with Crippen LogP contribution in [0.25, 0.3) is 0 Å². The van der Waals surface area contributed by atoms with Gasteiger partial charge in [-0.05, 0) is 38.3 Å². The van der Waals surface area contributed by atoms with Crippen LogP contribution in [0.2, 0.25) is 0 Å². The number of nitrogens with zero attached hydrogens (tertiary/aromatic N) is 4. The van der Waals surface area contributed by atoms with Crippen molar-refractivity contribution < 1.29 is 14.3 Å².